The van der Waals surface area contributed by atoms with Gasteiger partial charge >= 0.3 is 0 Å². The molecule has 2 fully saturated rings. The van der Waals surface area contributed by atoms with Crippen molar-refractivity contribution in [3.05, 3.63) is 40.5 Å². The number of aromatic hydroxyl groups is 1. The van der Waals surface area contributed by atoms with Crippen LogP contribution < -0.4 is 10.6 Å². The van der Waals surface area contributed by atoms with E-state index < -0.39 is 64.4 Å². The number of primary amides is 1. The van der Waals surface area contributed by atoms with Crippen molar-refractivity contribution in [3.63, 3.8) is 0 Å². The minimum atomic E-state index is -2.78. The summed E-state index contributed by atoms with van der Waals surface area (Å²) < 4.78 is 0. The van der Waals surface area contributed by atoms with E-state index in [9.17, 15) is 39.0 Å². The number of amides is 1. The molecule has 0 aromatic heterocycles. The summed E-state index contributed by atoms with van der Waals surface area (Å²) in [7, 11) is 6.65. The molecule has 1 aromatic rings. The van der Waals surface area contributed by atoms with Crippen LogP contribution in [0, 0.1) is 23.7 Å². The van der Waals surface area contributed by atoms with Crippen LogP contribution in [0.2, 0.25) is 0 Å². The van der Waals surface area contributed by atoms with E-state index in [4.69, 9.17) is 5.73 Å². The first kappa shape index (κ1) is 28.6. The lowest BCUT2D eigenvalue weighted by Gasteiger charge is -2.52. The van der Waals surface area contributed by atoms with Gasteiger partial charge < -0.3 is 20.8 Å². The fraction of sp³-hybridized carbons (Fsp3) is 0.467. The molecule has 0 radical (unpaired) electrons. The molecule has 216 valence electrons. The van der Waals surface area contributed by atoms with Gasteiger partial charge in [-0.2, -0.15) is 0 Å². The minimum Gasteiger partial charge on any atom is -0.507 e. The largest absolute Gasteiger partial charge is 0.507 e. The molecular weight excluding hydrogens is 530 g/mol. The molecule has 11 heteroatoms. The van der Waals surface area contributed by atoms with Crippen LogP contribution in [0.5, 0.6) is 5.75 Å². The highest BCUT2D eigenvalue weighted by Crippen LogP contribution is 2.52. The monoisotopic (exact) mass is 563 g/mol. The third kappa shape index (κ3) is 4.01. The summed E-state index contributed by atoms with van der Waals surface area (Å²) >= 11 is 0. The Kier molecular flexibility index (Phi) is 6.86. The van der Waals surface area contributed by atoms with Crippen LogP contribution >= 0.6 is 0 Å². The van der Waals surface area contributed by atoms with Crippen molar-refractivity contribution < 1.29 is 39.0 Å². The summed E-state index contributed by atoms with van der Waals surface area (Å²) in [6.07, 6.45) is 5.51. The number of Topliss-reactive ketones (excluding diaryl/α,β-unsaturated/α-hetero) is 4. The van der Waals surface area contributed by atoms with Gasteiger partial charge in [0, 0.05) is 31.3 Å². The quantitative estimate of drug-likeness (QED) is 0.332. The highest BCUT2D eigenvalue weighted by atomic mass is 16.3. The lowest BCUT2D eigenvalue weighted by atomic mass is 9.52. The zero-order valence-corrected chi connectivity index (χ0v) is 23.3. The van der Waals surface area contributed by atoms with Crippen molar-refractivity contribution in [2.75, 3.05) is 33.1 Å². The highest BCUT2D eigenvalue weighted by Gasteiger charge is 2.69. The smallest absolute Gasteiger partial charge is 0.235 e. The van der Waals surface area contributed by atoms with E-state index >= 15 is 0 Å². The molecule has 2 unspecified atom stereocenters. The van der Waals surface area contributed by atoms with Crippen LogP contribution in [-0.4, -0.2) is 90.3 Å². The van der Waals surface area contributed by atoms with Crippen molar-refractivity contribution in [1.29, 1.82) is 0 Å². The lowest BCUT2D eigenvalue weighted by Crippen LogP contribution is -2.74. The molecule has 11 nitrogen and oxygen atoms in total. The van der Waals surface area contributed by atoms with Crippen LogP contribution in [0.1, 0.15) is 40.7 Å². The Morgan fingerprint density at radius 3 is 2.39 bits per heavy atom. The third-order valence-corrected chi connectivity index (χ3v) is 9.12. The number of phenols is 1. The summed E-state index contributed by atoms with van der Waals surface area (Å²) in [6.45, 7) is 0. The molecule has 0 heterocycles. The zero-order chi connectivity index (χ0) is 30.1. The van der Waals surface area contributed by atoms with Crippen molar-refractivity contribution in [1.82, 2.24) is 4.90 Å². The number of ketones is 4. The van der Waals surface area contributed by atoms with E-state index in [1.165, 1.54) is 4.90 Å². The first-order valence-corrected chi connectivity index (χ1v) is 13.5. The van der Waals surface area contributed by atoms with Gasteiger partial charge in [0.25, 0.3) is 0 Å². The number of aliphatic hydroxyl groups is 1. The second-order valence-electron chi connectivity index (χ2n) is 11.9. The molecule has 0 bridgehead atoms. The van der Waals surface area contributed by atoms with Crippen molar-refractivity contribution >= 4 is 46.6 Å². The molecule has 5 rings (SSSR count). The van der Waals surface area contributed by atoms with E-state index in [1.54, 1.807) is 45.2 Å². The molecule has 0 aliphatic heterocycles. The predicted molar refractivity (Wildman–Crippen MR) is 147 cm³/mol. The first-order valence-electron chi connectivity index (χ1n) is 13.5. The fourth-order valence-corrected chi connectivity index (χ4v) is 7.28. The van der Waals surface area contributed by atoms with E-state index in [0.717, 1.165) is 6.29 Å². The maximum Gasteiger partial charge on any atom is 0.235 e. The molecule has 41 heavy (non-hydrogen) atoms. The van der Waals surface area contributed by atoms with Crippen LogP contribution in [0.25, 0.3) is 5.57 Å². The summed E-state index contributed by atoms with van der Waals surface area (Å²) in [5.41, 5.74) is 5.09. The van der Waals surface area contributed by atoms with Gasteiger partial charge in [0.2, 0.25) is 5.91 Å². The standard InChI is InChI=1S/C30H33N3O8/c1-32(2)19-11-16(14-7-5-6-13(8-14)12-34)24(35)21-17(19)9-15-10-18-23(33(3)4)26(37)22(29(31)40)28(39)30(18,41)27(38)20(15)25(21)36/h7-8,11-12,15,18,20,22-23,35,41H,5-6,9-10H2,1-4H3,(H2,31,40)/t15-,18-,20?,22?,23-,30-/m0/s1. The Morgan fingerprint density at radius 2 is 1.80 bits per heavy atom. The molecule has 4 aliphatic carbocycles. The van der Waals surface area contributed by atoms with Crippen molar-refractivity contribution in [3.8, 4) is 5.75 Å². The highest BCUT2D eigenvalue weighted by molar-refractivity contribution is 6.32. The van der Waals surface area contributed by atoms with Crippen molar-refractivity contribution in [2.24, 2.45) is 29.4 Å². The minimum absolute atomic E-state index is 0.0180. The molecule has 2 saturated carbocycles. The van der Waals surface area contributed by atoms with Gasteiger partial charge in [-0.15, -0.1) is 0 Å². The molecule has 1 aromatic carbocycles. The van der Waals surface area contributed by atoms with Gasteiger partial charge in [0.05, 0.1) is 17.5 Å². The number of allylic oxidation sites excluding steroid dienone is 4. The average Bonchev–Trinajstić information content (AvgIpc) is 2.90. The van der Waals surface area contributed by atoms with Crippen molar-refractivity contribution in [2.45, 2.75) is 37.3 Å². The number of hydrogen-bond acceptors (Lipinski definition) is 10. The number of likely N-dealkylation sites (N-methyl/N-ethyl adjacent to an activating group) is 1. The number of anilines is 1. The number of nitrogens with two attached hydrogens (primary N) is 1. The number of hydrogen-bond donors (Lipinski definition) is 3. The van der Waals surface area contributed by atoms with E-state index in [-0.39, 0.29) is 24.2 Å². The molecule has 1 amide bonds. The van der Waals surface area contributed by atoms with Gasteiger partial charge in [-0.1, -0.05) is 6.08 Å². The predicted octanol–water partition coefficient (Wildman–Crippen LogP) is 0.236. The van der Waals surface area contributed by atoms with Crippen LogP contribution in [0.4, 0.5) is 5.69 Å². The Labute approximate surface area is 236 Å². The molecule has 0 saturated heterocycles. The third-order valence-electron chi connectivity index (χ3n) is 9.12. The Hall–Kier alpha value is -3.96. The van der Waals surface area contributed by atoms with E-state index in [2.05, 4.69) is 0 Å². The molecule has 6 atom stereocenters. The molecular formula is C30H33N3O8. The SMILES string of the molecule is CN(C)c1cc(C2=CCCC(C=O)=C2)c(O)c2c1C[C@H]1C[C@H]3[C@H](N(C)C)C(=O)C(C(N)=O)C(=O)[C@@]3(O)C(=O)C1C2=O. The normalized spacial score (nSPS) is 31.1. The Balaban J connectivity index is 1.68. The van der Waals surface area contributed by atoms with Gasteiger partial charge in [0.1, 0.15) is 12.0 Å². The van der Waals surface area contributed by atoms with Gasteiger partial charge in [-0.25, -0.2) is 0 Å². The number of nitrogens with zero attached hydrogens (tertiary/aromatic N) is 2. The number of carbonyl (C=O) groups excluding carboxylic acids is 6. The second-order valence-corrected chi connectivity index (χ2v) is 11.9. The van der Waals surface area contributed by atoms with Crippen LogP contribution in [0.15, 0.2) is 23.8 Å². The topological polar surface area (TPSA) is 175 Å². The van der Waals surface area contributed by atoms with Crippen LogP contribution in [-0.2, 0) is 30.4 Å². The van der Waals surface area contributed by atoms with E-state index in [1.807, 2.05) is 6.08 Å². The average molecular weight is 564 g/mol. The lowest BCUT2D eigenvalue weighted by molar-refractivity contribution is -0.181. The Bertz CT molecular complexity index is 1490. The van der Waals surface area contributed by atoms with Gasteiger partial charge in [0.15, 0.2) is 34.7 Å². The number of phenolic OH excluding ortho intramolecular Hbond substituents is 1. The Morgan fingerprint density at radius 1 is 1.12 bits per heavy atom. The molecule has 4 N–H and O–H groups in total. The maximum absolute atomic E-state index is 14.1. The van der Waals surface area contributed by atoms with Gasteiger partial charge in [-0.3, -0.25) is 33.7 Å². The van der Waals surface area contributed by atoms with Crippen LogP contribution in [0.3, 0.4) is 0 Å². The number of carbonyl (C=O) groups is 6. The van der Waals surface area contributed by atoms with E-state index in [0.29, 0.717) is 40.8 Å². The number of fused-ring (bicyclic) bond motifs is 3. The second kappa shape index (κ2) is 9.85. The molecule has 0 spiro atoms. The summed E-state index contributed by atoms with van der Waals surface area (Å²) in [5, 5.41) is 23.2. The summed E-state index contributed by atoms with van der Waals surface area (Å²) in [4.78, 5) is 81.7. The number of benzene rings is 1. The molecule has 4 aliphatic rings. The van der Waals surface area contributed by atoms with Gasteiger partial charge in [-0.05, 0) is 74.5 Å². The zero-order valence-electron chi connectivity index (χ0n) is 23.3. The first-order chi connectivity index (χ1) is 19.2. The fourth-order valence-electron chi connectivity index (χ4n) is 7.28. The maximum atomic E-state index is 14.1. The summed E-state index contributed by atoms with van der Waals surface area (Å²) in [6, 6.07) is 0.588. The summed E-state index contributed by atoms with van der Waals surface area (Å²) in [5.74, 6) is -10.9. The number of rotatable bonds is 5. The number of aldehydes is 1.